The highest BCUT2D eigenvalue weighted by Gasteiger charge is 2.18. The Morgan fingerprint density at radius 1 is 0.556 bits per heavy atom. The molecule has 0 aliphatic rings. The topological polar surface area (TPSA) is 12.9 Å². The maximum atomic E-state index is 4.32. The molecule has 1 aromatic heterocycles. The first-order valence-electron chi connectivity index (χ1n) is 8.84. The molecule has 0 spiro atoms. The van der Waals surface area contributed by atoms with Gasteiger partial charge in [-0.3, -0.25) is 0 Å². The molecule has 27 heavy (non-hydrogen) atoms. The first kappa shape index (κ1) is 17.2. The predicted molar refractivity (Wildman–Crippen MR) is 115 cm³/mol. The van der Waals surface area contributed by atoms with E-state index in [1.54, 1.807) is 6.20 Å². The fraction of sp³-hybridized carbons (Fsp3) is 0. The number of nitrogens with zero attached hydrogens (tertiary/aromatic N) is 1. The smallest absolute Gasteiger partial charge is 0.113 e. The van der Waals surface area contributed by atoms with Gasteiger partial charge in [-0.25, -0.2) is 4.98 Å². The van der Waals surface area contributed by atoms with Gasteiger partial charge in [0.2, 0.25) is 0 Å². The lowest BCUT2D eigenvalue weighted by molar-refractivity contribution is 1.29. The predicted octanol–water partition coefficient (Wildman–Crippen LogP) is 4.24. The normalized spacial score (nSPS) is 10.3. The quantitative estimate of drug-likeness (QED) is 0.392. The first-order chi connectivity index (χ1) is 13.4. The van der Waals surface area contributed by atoms with Gasteiger partial charge in [0, 0.05) is 17.1 Å². The number of pyridine rings is 1. The molecule has 0 saturated heterocycles. The van der Waals surface area contributed by atoms with Crippen LogP contribution in [0.3, 0.4) is 0 Å². The second kappa shape index (κ2) is 8.45. The molecule has 1 heterocycles. The maximum absolute atomic E-state index is 4.32. The first-order valence-corrected chi connectivity index (χ1v) is 10.2. The summed E-state index contributed by atoms with van der Waals surface area (Å²) in [5, 5.41) is 3.92. The van der Waals surface area contributed by atoms with Crippen LogP contribution in [0.15, 0.2) is 109 Å². The molecular weight excluding hydrogens is 345 g/mol. The molecule has 3 aromatic carbocycles. The number of aromatic nitrogens is 1. The zero-order valence-electron chi connectivity index (χ0n) is 14.8. The fourth-order valence-corrected chi connectivity index (χ4v) is 5.33. The lowest BCUT2D eigenvalue weighted by Crippen LogP contribution is -2.22. The van der Waals surface area contributed by atoms with Gasteiger partial charge in [-0.1, -0.05) is 90.8 Å². The SMILES string of the molecule is C(#Cc1ccccc1P(c1ccccc1)c1ccccc1)c1ccccn1. The van der Waals surface area contributed by atoms with Crippen molar-refractivity contribution in [2.45, 2.75) is 0 Å². The Balaban J connectivity index is 1.83. The van der Waals surface area contributed by atoms with Crippen LogP contribution in [0, 0.1) is 11.8 Å². The van der Waals surface area contributed by atoms with Crippen LogP contribution in [0.25, 0.3) is 0 Å². The van der Waals surface area contributed by atoms with Crippen molar-refractivity contribution >= 4 is 23.8 Å². The third-order valence-electron chi connectivity index (χ3n) is 4.16. The largest absolute Gasteiger partial charge is 0.248 e. The highest BCUT2D eigenvalue weighted by Crippen LogP contribution is 2.33. The Hall–Kier alpha value is -3.20. The maximum Gasteiger partial charge on any atom is 0.113 e. The number of benzene rings is 3. The van der Waals surface area contributed by atoms with E-state index in [9.17, 15) is 0 Å². The van der Waals surface area contributed by atoms with Crippen LogP contribution >= 0.6 is 7.92 Å². The van der Waals surface area contributed by atoms with Gasteiger partial charge >= 0.3 is 0 Å². The van der Waals surface area contributed by atoms with E-state index < -0.39 is 7.92 Å². The van der Waals surface area contributed by atoms with E-state index in [0.29, 0.717) is 0 Å². The van der Waals surface area contributed by atoms with Crippen molar-refractivity contribution in [2.75, 3.05) is 0 Å². The molecule has 0 fully saturated rings. The van der Waals surface area contributed by atoms with Gasteiger partial charge in [0.15, 0.2) is 0 Å². The Morgan fingerprint density at radius 2 is 1.15 bits per heavy atom. The Labute approximate surface area is 161 Å². The third kappa shape index (κ3) is 4.14. The third-order valence-corrected chi connectivity index (χ3v) is 6.66. The molecule has 0 N–H and O–H groups in total. The van der Waals surface area contributed by atoms with Gasteiger partial charge in [0.05, 0.1) is 0 Å². The number of hydrogen-bond donors (Lipinski definition) is 0. The van der Waals surface area contributed by atoms with E-state index >= 15 is 0 Å². The zero-order valence-corrected chi connectivity index (χ0v) is 15.7. The summed E-state index contributed by atoms with van der Waals surface area (Å²) in [5.41, 5.74) is 1.85. The number of hydrogen-bond acceptors (Lipinski definition) is 1. The second-order valence-corrected chi connectivity index (χ2v) is 8.17. The lowest BCUT2D eigenvalue weighted by Gasteiger charge is -2.20. The van der Waals surface area contributed by atoms with Gasteiger partial charge in [-0.05, 0) is 42.7 Å². The molecule has 0 aliphatic heterocycles. The van der Waals surface area contributed by atoms with Gasteiger partial charge in [-0.15, -0.1) is 0 Å². The van der Waals surface area contributed by atoms with Crippen molar-refractivity contribution < 1.29 is 0 Å². The van der Waals surface area contributed by atoms with E-state index in [-0.39, 0.29) is 0 Å². The Bertz CT molecular complexity index is 1030. The summed E-state index contributed by atoms with van der Waals surface area (Å²) in [7, 11) is -0.670. The minimum absolute atomic E-state index is 0.670. The second-order valence-electron chi connectivity index (χ2n) is 5.99. The Morgan fingerprint density at radius 3 is 1.78 bits per heavy atom. The molecule has 2 heteroatoms. The molecule has 0 atom stereocenters. The van der Waals surface area contributed by atoms with Crippen LogP contribution in [0.2, 0.25) is 0 Å². The van der Waals surface area contributed by atoms with Crippen molar-refractivity contribution in [3.63, 3.8) is 0 Å². The van der Waals surface area contributed by atoms with Crippen LogP contribution in [0.5, 0.6) is 0 Å². The summed E-state index contributed by atoms with van der Waals surface area (Å²) < 4.78 is 0. The van der Waals surface area contributed by atoms with E-state index in [2.05, 4.69) is 102 Å². The molecule has 4 rings (SSSR count). The molecule has 128 valence electrons. The summed E-state index contributed by atoms with van der Waals surface area (Å²) in [6.45, 7) is 0. The molecule has 4 aromatic rings. The monoisotopic (exact) mass is 363 g/mol. The minimum Gasteiger partial charge on any atom is -0.248 e. The Kier molecular flexibility index (Phi) is 5.39. The van der Waals surface area contributed by atoms with Crippen LogP contribution in [0.1, 0.15) is 11.3 Å². The van der Waals surface area contributed by atoms with Crippen LogP contribution in [0.4, 0.5) is 0 Å². The van der Waals surface area contributed by atoms with Crippen molar-refractivity contribution in [3.8, 4) is 11.8 Å². The molecule has 0 aliphatic carbocycles. The van der Waals surface area contributed by atoms with Crippen molar-refractivity contribution in [3.05, 3.63) is 121 Å². The minimum atomic E-state index is -0.670. The van der Waals surface area contributed by atoms with Gasteiger partial charge in [-0.2, -0.15) is 0 Å². The zero-order chi connectivity index (χ0) is 18.3. The van der Waals surface area contributed by atoms with Crippen LogP contribution in [-0.4, -0.2) is 4.98 Å². The summed E-state index contributed by atoms with van der Waals surface area (Å²) in [5.74, 6) is 6.56. The van der Waals surface area contributed by atoms with E-state index in [1.165, 1.54) is 15.9 Å². The summed E-state index contributed by atoms with van der Waals surface area (Å²) >= 11 is 0. The summed E-state index contributed by atoms with van der Waals surface area (Å²) in [4.78, 5) is 4.32. The molecule has 1 nitrogen and oxygen atoms in total. The van der Waals surface area contributed by atoms with Crippen molar-refractivity contribution in [2.24, 2.45) is 0 Å². The van der Waals surface area contributed by atoms with Gasteiger partial charge in [0.25, 0.3) is 0 Å². The molecule has 0 unspecified atom stereocenters. The number of rotatable bonds is 3. The average molecular weight is 363 g/mol. The fourth-order valence-electron chi connectivity index (χ4n) is 2.92. The standard InChI is InChI=1S/C25H18NP/c1-3-13-23(14-4-1)27(24-15-5-2-6-16-24)25-17-8-7-11-21(25)18-19-22-12-9-10-20-26-22/h1-17,20H. The lowest BCUT2D eigenvalue weighted by atomic mass is 10.2. The van der Waals surface area contributed by atoms with Crippen molar-refractivity contribution in [1.82, 2.24) is 4.98 Å². The van der Waals surface area contributed by atoms with Gasteiger partial charge in [0.1, 0.15) is 5.69 Å². The molecule has 0 bridgehead atoms. The molecular formula is C25H18NP. The van der Waals surface area contributed by atoms with E-state index in [4.69, 9.17) is 0 Å². The molecule has 0 radical (unpaired) electrons. The van der Waals surface area contributed by atoms with Crippen LogP contribution < -0.4 is 15.9 Å². The van der Waals surface area contributed by atoms with Crippen LogP contribution in [-0.2, 0) is 0 Å². The highest BCUT2D eigenvalue weighted by atomic mass is 31.1. The summed E-state index contributed by atoms with van der Waals surface area (Å²) in [6.07, 6.45) is 1.77. The molecule has 0 saturated carbocycles. The van der Waals surface area contributed by atoms with E-state index in [0.717, 1.165) is 11.3 Å². The molecule has 0 amide bonds. The summed E-state index contributed by atoms with van der Waals surface area (Å²) in [6, 6.07) is 35.7. The average Bonchev–Trinajstić information content (AvgIpc) is 2.76. The van der Waals surface area contributed by atoms with Gasteiger partial charge < -0.3 is 0 Å². The highest BCUT2D eigenvalue weighted by molar-refractivity contribution is 7.79. The van der Waals surface area contributed by atoms with E-state index in [1.807, 2.05) is 18.2 Å². The van der Waals surface area contributed by atoms with Crippen molar-refractivity contribution in [1.29, 1.82) is 0 Å².